The zero-order valence-corrected chi connectivity index (χ0v) is 8.64. The standard InChI is InChI=1S/C10H21N.H2O/c1-4-9-5-7-10(8-6-9)11(2)3;/h9-10H,4-8H2,1-3H3;1H2. The van der Waals surface area contributed by atoms with Gasteiger partial charge in [-0.05, 0) is 31.6 Å². The lowest BCUT2D eigenvalue weighted by Crippen LogP contribution is -3.10. The first-order valence-corrected chi connectivity index (χ1v) is 5.04. The molecule has 0 amide bonds. The summed E-state index contributed by atoms with van der Waals surface area (Å²) in [5, 5.41) is 0. The number of nitrogens with one attached hydrogen (secondary N) is 1. The van der Waals surface area contributed by atoms with Crippen molar-refractivity contribution < 1.29 is 10.4 Å². The normalized spacial score (nSPS) is 30.0. The van der Waals surface area contributed by atoms with Gasteiger partial charge in [-0.3, -0.25) is 0 Å². The predicted octanol–water partition coefficient (Wildman–Crippen LogP) is 0.923. The Morgan fingerprint density at radius 2 is 1.58 bits per heavy atom. The molecule has 0 aromatic heterocycles. The first kappa shape index (κ1) is 11.9. The third-order valence-electron chi connectivity index (χ3n) is 3.24. The van der Waals surface area contributed by atoms with E-state index in [2.05, 4.69) is 21.0 Å². The van der Waals surface area contributed by atoms with Crippen molar-refractivity contribution in [3.63, 3.8) is 0 Å². The average Bonchev–Trinajstić information content (AvgIpc) is 2.05. The Labute approximate surface area is 76.3 Å². The van der Waals surface area contributed by atoms with Crippen molar-refractivity contribution in [2.45, 2.75) is 45.1 Å². The van der Waals surface area contributed by atoms with Crippen molar-refractivity contribution in [2.24, 2.45) is 5.92 Å². The molecule has 1 aliphatic rings. The Hall–Kier alpha value is -0.0800. The Balaban J connectivity index is 0.00000121. The van der Waals surface area contributed by atoms with Gasteiger partial charge in [-0.15, -0.1) is 0 Å². The Kier molecular flexibility index (Phi) is 5.51. The Morgan fingerprint density at radius 3 is 1.92 bits per heavy atom. The fourth-order valence-electron chi connectivity index (χ4n) is 2.15. The van der Waals surface area contributed by atoms with Crippen LogP contribution in [-0.2, 0) is 0 Å². The Bertz CT molecular complexity index is 106. The van der Waals surface area contributed by atoms with Gasteiger partial charge in [0, 0.05) is 0 Å². The monoisotopic (exact) mass is 173 g/mol. The van der Waals surface area contributed by atoms with Crippen LogP contribution in [0, 0.1) is 5.92 Å². The lowest BCUT2D eigenvalue weighted by molar-refractivity contribution is -0.887. The largest absolute Gasteiger partial charge is 0.870 e. The lowest BCUT2D eigenvalue weighted by Gasteiger charge is -2.29. The second-order valence-electron chi connectivity index (χ2n) is 4.20. The molecule has 0 spiro atoms. The van der Waals surface area contributed by atoms with E-state index in [-0.39, 0.29) is 5.48 Å². The summed E-state index contributed by atoms with van der Waals surface area (Å²) in [6.07, 6.45) is 7.27. The summed E-state index contributed by atoms with van der Waals surface area (Å²) < 4.78 is 0. The van der Waals surface area contributed by atoms with Gasteiger partial charge in [-0.25, -0.2) is 0 Å². The summed E-state index contributed by atoms with van der Waals surface area (Å²) in [5.41, 5.74) is 0. The summed E-state index contributed by atoms with van der Waals surface area (Å²) in [6, 6.07) is 0.956. The highest BCUT2D eigenvalue weighted by atomic mass is 16.0. The van der Waals surface area contributed by atoms with Crippen LogP contribution in [0.15, 0.2) is 0 Å². The smallest absolute Gasteiger partial charge is 0.0870 e. The van der Waals surface area contributed by atoms with Gasteiger partial charge in [0.05, 0.1) is 20.1 Å². The molecule has 0 heterocycles. The van der Waals surface area contributed by atoms with Gasteiger partial charge >= 0.3 is 0 Å². The van der Waals surface area contributed by atoms with Crippen LogP contribution in [-0.4, -0.2) is 25.6 Å². The van der Waals surface area contributed by atoms with Crippen LogP contribution >= 0.6 is 0 Å². The van der Waals surface area contributed by atoms with Crippen LogP contribution in [0.4, 0.5) is 0 Å². The van der Waals surface area contributed by atoms with Crippen LogP contribution in [0.2, 0.25) is 0 Å². The van der Waals surface area contributed by atoms with E-state index in [1.807, 2.05) is 0 Å². The van der Waals surface area contributed by atoms with Crippen LogP contribution in [0.5, 0.6) is 0 Å². The molecule has 12 heavy (non-hydrogen) atoms. The molecule has 0 saturated heterocycles. The first-order chi connectivity index (χ1) is 5.24. The molecular formula is C10H23NO. The van der Waals surface area contributed by atoms with Gasteiger partial charge < -0.3 is 10.4 Å². The molecule has 1 rings (SSSR count). The molecule has 0 bridgehead atoms. The van der Waals surface area contributed by atoms with E-state index in [9.17, 15) is 0 Å². The van der Waals surface area contributed by atoms with Crippen molar-refractivity contribution in [1.29, 1.82) is 0 Å². The predicted molar refractivity (Wildman–Crippen MR) is 50.8 cm³/mol. The van der Waals surface area contributed by atoms with Gasteiger partial charge in [0.2, 0.25) is 0 Å². The van der Waals surface area contributed by atoms with Crippen LogP contribution in [0.1, 0.15) is 39.0 Å². The van der Waals surface area contributed by atoms with E-state index < -0.39 is 0 Å². The van der Waals surface area contributed by atoms with Crippen molar-refractivity contribution in [1.82, 2.24) is 0 Å². The van der Waals surface area contributed by atoms with Crippen molar-refractivity contribution >= 4 is 0 Å². The maximum absolute atomic E-state index is 2.33. The average molecular weight is 173 g/mol. The molecule has 0 radical (unpaired) electrons. The highest BCUT2D eigenvalue weighted by Crippen LogP contribution is 2.24. The first-order valence-electron chi connectivity index (χ1n) is 5.04. The zero-order valence-electron chi connectivity index (χ0n) is 8.64. The second-order valence-corrected chi connectivity index (χ2v) is 4.20. The molecule has 2 N–H and O–H groups in total. The molecule has 0 unspecified atom stereocenters. The van der Waals surface area contributed by atoms with E-state index in [1.54, 1.807) is 4.90 Å². The maximum Gasteiger partial charge on any atom is 0.0870 e. The summed E-state index contributed by atoms with van der Waals surface area (Å²) >= 11 is 0. The van der Waals surface area contributed by atoms with Crippen LogP contribution < -0.4 is 4.90 Å². The van der Waals surface area contributed by atoms with E-state index in [4.69, 9.17) is 0 Å². The quantitative estimate of drug-likeness (QED) is 0.662. The topological polar surface area (TPSA) is 34.4 Å². The minimum absolute atomic E-state index is 0. The minimum Gasteiger partial charge on any atom is -0.870 e. The molecule has 2 heteroatoms. The van der Waals surface area contributed by atoms with Gasteiger partial charge in [0.15, 0.2) is 0 Å². The van der Waals surface area contributed by atoms with Crippen LogP contribution in [0.25, 0.3) is 0 Å². The third-order valence-corrected chi connectivity index (χ3v) is 3.24. The van der Waals surface area contributed by atoms with Crippen molar-refractivity contribution in [3.8, 4) is 0 Å². The van der Waals surface area contributed by atoms with E-state index in [0.29, 0.717) is 0 Å². The maximum atomic E-state index is 2.33. The molecule has 1 saturated carbocycles. The number of quaternary nitrogens is 1. The molecule has 0 atom stereocenters. The molecule has 2 nitrogen and oxygen atoms in total. The molecule has 74 valence electrons. The summed E-state index contributed by atoms with van der Waals surface area (Å²) in [4.78, 5) is 1.65. The van der Waals surface area contributed by atoms with Gasteiger partial charge in [-0.1, -0.05) is 13.3 Å². The molecule has 1 fully saturated rings. The van der Waals surface area contributed by atoms with Gasteiger partial charge in [0.1, 0.15) is 0 Å². The SMILES string of the molecule is CCC1CCC([NH+](C)C)CC1.[OH-]. The second kappa shape index (κ2) is 5.55. The van der Waals surface area contributed by atoms with E-state index >= 15 is 0 Å². The molecule has 0 aliphatic heterocycles. The highest BCUT2D eigenvalue weighted by Gasteiger charge is 2.23. The molecule has 1 aliphatic carbocycles. The zero-order chi connectivity index (χ0) is 8.27. The van der Waals surface area contributed by atoms with E-state index in [1.165, 1.54) is 32.1 Å². The fraction of sp³-hybridized carbons (Fsp3) is 1.00. The fourth-order valence-corrected chi connectivity index (χ4v) is 2.15. The van der Waals surface area contributed by atoms with E-state index in [0.717, 1.165) is 12.0 Å². The Morgan fingerprint density at radius 1 is 1.08 bits per heavy atom. The minimum atomic E-state index is 0. The van der Waals surface area contributed by atoms with Gasteiger partial charge in [-0.2, -0.15) is 0 Å². The number of rotatable bonds is 2. The summed E-state index contributed by atoms with van der Waals surface area (Å²) in [7, 11) is 4.58. The van der Waals surface area contributed by atoms with Crippen molar-refractivity contribution in [3.05, 3.63) is 0 Å². The molecular weight excluding hydrogens is 150 g/mol. The van der Waals surface area contributed by atoms with Crippen LogP contribution in [0.3, 0.4) is 0 Å². The lowest BCUT2D eigenvalue weighted by atomic mass is 9.84. The van der Waals surface area contributed by atoms with Gasteiger partial charge in [0.25, 0.3) is 0 Å². The highest BCUT2D eigenvalue weighted by molar-refractivity contribution is 4.70. The summed E-state index contributed by atoms with van der Waals surface area (Å²) in [5.74, 6) is 1.05. The number of hydrogen-bond acceptors (Lipinski definition) is 1. The summed E-state index contributed by atoms with van der Waals surface area (Å²) in [6.45, 7) is 2.33. The molecule has 0 aromatic rings. The number of hydrogen-bond donors (Lipinski definition) is 1. The van der Waals surface area contributed by atoms with Crippen molar-refractivity contribution in [2.75, 3.05) is 14.1 Å². The molecule has 0 aromatic carbocycles. The third kappa shape index (κ3) is 3.11.